The van der Waals surface area contributed by atoms with Crippen LogP contribution in [0.3, 0.4) is 0 Å². The number of Topliss-reactive ketones (excluding diaryl/α,β-unsaturated/α-hetero) is 2. The van der Waals surface area contributed by atoms with Gasteiger partial charge in [0.25, 0.3) is 5.91 Å². The van der Waals surface area contributed by atoms with Gasteiger partial charge in [-0.1, -0.05) is 46.1 Å². The van der Waals surface area contributed by atoms with E-state index in [9.17, 15) is 93.3 Å². The van der Waals surface area contributed by atoms with Gasteiger partial charge in [0.15, 0.2) is 11.6 Å². The quantitative estimate of drug-likeness (QED) is 0.0226. The number of hydrogen-bond donors (Lipinski definition) is 16. The highest BCUT2D eigenvalue weighted by atomic mass is 32.2. The van der Waals surface area contributed by atoms with Crippen LogP contribution in [-0.4, -0.2) is 278 Å². The number of aromatic nitrogens is 1. The van der Waals surface area contributed by atoms with Crippen molar-refractivity contribution in [2.75, 3.05) is 91.8 Å². The molecule has 3 aliphatic heterocycles. The first-order chi connectivity index (χ1) is 51.4. The number of rotatable bonds is 30. The number of carboxylic acid groups (broad SMARTS) is 1. The van der Waals surface area contributed by atoms with Crippen LogP contribution in [-0.2, 0) is 90.8 Å². The first kappa shape index (κ1) is 86.4. The van der Waals surface area contributed by atoms with Gasteiger partial charge in [0.2, 0.25) is 41.4 Å². The van der Waals surface area contributed by atoms with Gasteiger partial charge >= 0.3 is 12.1 Å². The van der Waals surface area contributed by atoms with Crippen LogP contribution in [0.25, 0.3) is 10.9 Å². The van der Waals surface area contributed by atoms with E-state index in [0.29, 0.717) is 48.8 Å². The SMILES string of the molecule is CC[C@H](C)[C@@H]1NC(=O)CNC(=O)[C@H]2CC(=O)[C@H]([C@@H](C)[C@@H](O)CO)NC(=O)[C@@H]3C[C@@H](O)CN3C(=O)[C@H](CC(N)=O)CC(=O)[C@H](CS(=O)c3[nH]c4cc(OCCCCCCN(C)C(=O)OCc5ccc(OC6C[C@H](C(=O)O)[C@@H](O)[C@H](O)[C@H]6O)c(C(=O)NCCOCCOCCON)c5)ccc4c3C2)NC(=O)CNC1=O. The van der Waals surface area contributed by atoms with E-state index < -0.39 is 243 Å². The molecule has 18 N–H and O–H groups in total. The number of carboxylic acids is 1. The van der Waals surface area contributed by atoms with Crippen LogP contribution < -0.4 is 53.0 Å². The van der Waals surface area contributed by atoms with E-state index in [-0.39, 0.29) is 86.8 Å². The molecule has 0 radical (unpaired) electrons. The summed E-state index contributed by atoms with van der Waals surface area (Å²) in [5, 5.41) is 88.8. The smallest absolute Gasteiger partial charge is 0.409 e. The average Bonchev–Trinajstić information content (AvgIpc) is 1.76. The first-order valence-corrected chi connectivity index (χ1v) is 37.2. The number of fused-ring (bicyclic) bond motifs is 5. The highest BCUT2D eigenvalue weighted by Crippen LogP contribution is 2.35. The zero-order chi connectivity index (χ0) is 79.1. The summed E-state index contributed by atoms with van der Waals surface area (Å²) in [5.41, 5.74) is 6.30. The molecule has 38 heteroatoms. The summed E-state index contributed by atoms with van der Waals surface area (Å²) in [7, 11) is -0.871. The number of unbranched alkanes of at least 4 members (excludes halogenated alkanes) is 3. The monoisotopic (exact) mass is 1540 g/mol. The fourth-order valence-electron chi connectivity index (χ4n) is 13.1. The molecule has 1 saturated carbocycles. The molecular formula is C70H101N11O26S. The Hall–Kier alpha value is -8.83. The Balaban J connectivity index is 1.08. The summed E-state index contributed by atoms with van der Waals surface area (Å²) in [6, 6.07) is 2.67. The Bertz CT molecular complexity index is 3700. The molecule has 2 bridgehead atoms. The minimum Gasteiger partial charge on any atom is -0.494 e. The standard InChI is InChI=1S/C70H101N11O26S/c1-5-36(2)58-66(96)75-30-56(88)76-48-35-108(101)67-44(23-39(63(93)74-31-57(89)78-58)24-51(85)59(37(3)52(86)33-82)79-65(95)49-27-41(83)32-81(49)68(97)40(25-50(48)84)26-55(71)87)43-12-11-42(28-47(43)77-67)104-16-9-7-6-8-15-80(4)70(100)105-34-38-10-13-53(107-54-29-46(69(98)99)60(90)62(92)61(54)91)45(22-38)64(94)73-14-17-102-18-19-103-20-21-106-72/h10-13,22,28,36-37,39-41,46,48-49,52,54,58-62,77,82-83,86,90-92H,5-9,14-21,23-27,29-35,72H2,1-4H3,(H2,71,87)(H,73,94)(H,74,93)(H,75,96)(H,76,88)(H,78,89)(H,79,95)(H,98,99)/t36-,37-,39+,40-,41+,46-,48-,49-,52-,54?,58-,59-,60+,61-,62-,108?/m0/s1. The average molecular weight is 1540 g/mol. The second-order valence-corrected chi connectivity index (χ2v) is 28.9. The van der Waals surface area contributed by atoms with Gasteiger partial charge in [0.1, 0.15) is 53.5 Å². The molecule has 598 valence electrons. The van der Waals surface area contributed by atoms with Crippen LogP contribution >= 0.6 is 0 Å². The maximum absolute atomic E-state index is 15.2. The molecule has 7 rings (SSSR count). The fraction of sp³-hybridized carbons (Fsp3) is 0.629. The van der Waals surface area contributed by atoms with Crippen LogP contribution in [0, 0.1) is 29.6 Å². The lowest BCUT2D eigenvalue weighted by Gasteiger charge is -2.38. The number of aliphatic carboxylic acids is 1. The molecule has 2 fully saturated rings. The van der Waals surface area contributed by atoms with Crippen molar-refractivity contribution < 1.29 is 126 Å². The summed E-state index contributed by atoms with van der Waals surface area (Å²) in [4.78, 5) is 176. The summed E-state index contributed by atoms with van der Waals surface area (Å²) >= 11 is 0. The lowest BCUT2D eigenvalue weighted by Crippen LogP contribution is -2.57. The molecule has 4 aliphatic rings. The molecule has 2 unspecified atom stereocenters. The van der Waals surface area contributed by atoms with E-state index in [1.54, 1.807) is 32.0 Å². The predicted octanol–water partition coefficient (Wildman–Crippen LogP) is -3.65. The molecule has 9 amide bonds. The number of ketones is 2. The van der Waals surface area contributed by atoms with Crippen molar-refractivity contribution >= 4 is 92.6 Å². The number of aliphatic hydroxyl groups is 6. The normalized spacial score (nSPS) is 25.9. The molecule has 37 nitrogen and oxygen atoms in total. The van der Waals surface area contributed by atoms with Crippen molar-refractivity contribution in [2.45, 2.75) is 164 Å². The van der Waals surface area contributed by atoms with Crippen molar-refractivity contribution in [3.63, 3.8) is 0 Å². The number of amides is 9. The number of primary amides is 1. The predicted molar refractivity (Wildman–Crippen MR) is 378 cm³/mol. The van der Waals surface area contributed by atoms with Gasteiger partial charge in [-0.15, -0.1) is 0 Å². The molecule has 3 aromatic rings. The molecule has 0 spiro atoms. The number of benzene rings is 2. The molecule has 108 heavy (non-hydrogen) atoms. The minimum atomic E-state index is -2.40. The van der Waals surface area contributed by atoms with Gasteiger partial charge in [-0.25, -0.2) is 10.7 Å². The van der Waals surface area contributed by atoms with Gasteiger partial charge in [-0.2, -0.15) is 0 Å². The molecular weight excluding hydrogens is 1440 g/mol. The summed E-state index contributed by atoms with van der Waals surface area (Å²) in [6.07, 6.45) is -11.5. The number of carbonyl (C=O) groups excluding carboxylic acids is 11. The molecule has 2 aromatic carbocycles. The van der Waals surface area contributed by atoms with Crippen LogP contribution in [0.4, 0.5) is 4.79 Å². The van der Waals surface area contributed by atoms with Crippen LogP contribution in [0.2, 0.25) is 0 Å². The number of ether oxygens (including phenoxy) is 5. The lowest BCUT2D eigenvalue weighted by molar-refractivity contribution is -0.174. The third-order valence-electron chi connectivity index (χ3n) is 19.6. The number of carbonyl (C=O) groups is 12. The highest BCUT2D eigenvalue weighted by molar-refractivity contribution is 7.85. The number of aliphatic hydroxyl groups excluding tert-OH is 6. The van der Waals surface area contributed by atoms with Gasteiger partial charge < -0.3 is 117 Å². The van der Waals surface area contributed by atoms with Gasteiger partial charge in [-0.05, 0) is 60.6 Å². The molecule has 4 heterocycles. The van der Waals surface area contributed by atoms with Gasteiger partial charge in [-0.3, -0.25) is 56.9 Å². The van der Waals surface area contributed by atoms with E-state index in [0.717, 1.165) is 4.90 Å². The van der Waals surface area contributed by atoms with Crippen LogP contribution in [0.5, 0.6) is 11.5 Å². The summed E-state index contributed by atoms with van der Waals surface area (Å²) < 4.78 is 43.7. The van der Waals surface area contributed by atoms with Crippen LogP contribution in [0.1, 0.15) is 106 Å². The summed E-state index contributed by atoms with van der Waals surface area (Å²) in [5.74, 6) is -12.7. The number of aromatic amines is 1. The van der Waals surface area contributed by atoms with Crippen molar-refractivity contribution in [2.24, 2.45) is 41.2 Å². The Kier molecular flexibility index (Phi) is 33.3. The second-order valence-electron chi connectivity index (χ2n) is 27.5. The number of nitrogens with two attached hydrogens (primary N) is 2. The number of nitrogens with one attached hydrogen (secondary N) is 7. The molecule has 1 saturated heterocycles. The van der Waals surface area contributed by atoms with E-state index in [4.69, 9.17) is 35.3 Å². The lowest BCUT2D eigenvalue weighted by atomic mass is 9.80. The van der Waals surface area contributed by atoms with E-state index in [1.807, 2.05) is 0 Å². The van der Waals surface area contributed by atoms with Crippen molar-refractivity contribution in [1.29, 1.82) is 0 Å². The maximum Gasteiger partial charge on any atom is 0.409 e. The fourth-order valence-corrected chi connectivity index (χ4v) is 14.5. The minimum absolute atomic E-state index is 0.0215. The maximum atomic E-state index is 15.2. The van der Waals surface area contributed by atoms with E-state index in [2.05, 4.69) is 41.7 Å². The van der Waals surface area contributed by atoms with Crippen molar-refractivity contribution in [3.8, 4) is 11.5 Å². The van der Waals surface area contributed by atoms with Crippen LogP contribution in [0.15, 0.2) is 41.4 Å². The Morgan fingerprint density at radius 3 is 2.17 bits per heavy atom. The zero-order valence-electron chi connectivity index (χ0n) is 60.6. The number of nitrogens with zero attached hydrogens (tertiary/aromatic N) is 2. The van der Waals surface area contributed by atoms with Crippen molar-refractivity contribution in [3.05, 3.63) is 53.1 Å². The Morgan fingerprint density at radius 2 is 1.47 bits per heavy atom. The summed E-state index contributed by atoms with van der Waals surface area (Å²) in [6.45, 7) is 2.87. The van der Waals surface area contributed by atoms with Gasteiger partial charge in [0, 0.05) is 82.1 Å². The third-order valence-corrected chi connectivity index (χ3v) is 21.0. The van der Waals surface area contributed by atoms with E-state index in [1.165, 1.54) is 37.1 Å². The van der Waals surface area contributed by atoms with E-state index >= 15 is 4.21 Å². The Labute approximate surface area is 624 Å². The highest BCUT2D eigenvalue weighted by Gasteiger charge is 2.48. The second kappa shape index (κ2) is 41.7. The molecule has 16 atom stereocenters. The molecule has 1 aliphatic carbocycles. The van der Waals surface area contributed by atoms with Crippen molar-refractivity contribution in [1.82, 2.24) is 46.7 Å². The third kappa shape index (κ3) is 24.1. The largest absolute Gasteiger partial charge is 0.494 e. The Morgan fingerprint density at radius 1 is 0.778 bits per heavy atom. The number of hydrogen-bond acceptors (Lipinski definition) is 26. The number of H-pyrrole nitrogens is 1. The molecule has 1 aromatic heterocycles. The zero-order valence-corrected chi connectivity index (χ0v) is 61.5. The van der Waals surface area contributed by atoms with Gasteiger partial charge in [0.05, 0.1) is 129 Å². The first-order valence-electron chi connectivity index (χ1n) is 35.9. The topological polar surface area (TPSA) is 565 Å².